The average molecular weight is 242 g/mol. The van der Waals surface area contributed by atoms with Crippen molar-refractivity contribution < 1.29 is 8.91 Å². The van der Waals surface area contributed by atoms with Gasteiger partial charge in [0.15, 0.2) is 0 Å². The van der Waals surface area contributed by atoms with Crippen molar-refractivity contribution in [1.29, 1.82) is 0 Å². The van der Waals surface area contributed by atoms with Crippen LogP contribution in [-0.2, 0) is 0 Å². The standard InChI is InChI=1S/C9H5BrFNO/c10-9-7(5-12-13-9)6-3-1-2-4-8(6)11/h1-5H. The second-order valence-corrected chi connectivity index (χ2v) is 3.21. The van der Waals surface area contributed by atoms with Crippen LogP contribution in [0.25, 0.3) is 11.1 Å². The first-order valence-electron chi connectivity index (χ1n) is 3.64. The van der Waals surface area contributed by atoms with E-state index in [2.05, 4.69) is 21.1 Å². The van der Waals surface area contributed by atoms with Gasteiger partial charge in [-0.2, -0.15) is 0 Å². The summed E-state index contributed by atoms with van der Waals surface area (Å²) in [7, 11) is 0. The molecule has 0 saturated heterocycles. The third-order valence-electron chi connectivity index (χ3n) is 1.69. The van der Waals surface area contributed by atoms with Crippen LogP contribution >= 0.6 is 15.9 Å². The zero-order valence-electron chi connectivity index (χ0n) is 6.50. The highest BCUT2D eigenvalue weighted by Crippen LogP contribution is 2.29. The molecule has 1 heterocycles. The molecule has 0 radical (unpaired) electrons. The Morgan fingerprint density at radius 1 is 1.23 bits per heavy atom. The van der Waals surface area contributed by atoms with Crippen molar-refractivity contribution >= 4 is 15.9 Å². The molecule has 0 spiro atoms. The summed E-state index contributed by atoms with van der Waals surface area (Å²) in [5.41, 5.74) is 1.11. The van der Waals surface area contributed by atoms with Gasteiger partial charge in [0.2, 0.25) is 4.67 Å². The van der Waals surface area contributed by atoms with E-state index in [1.54, 1.807) is 18.2 Å². The lowest BCUT2D eigenvalue weighted by molar-refractivity contribution is 0.400. The van der Waals surface area contributed by atoms with Crippen LogP contribution < -0.4 is 0 Å². The number of hydrogen-bond acceptors (Lipinski definition) is 2. The molecule has 13 heavy (non-hydrogen) atoms. The fourth-order valence-electron chi connectivity index (χ4n) is 1.08. The maximum absolute atomic E-state index is 13.2. The molecule has 0 fully saturated rings. The van der Waals surface area contributed by atoms with Crippen molar-refractivity contribution in [2.75, 3.05) is 0 Å². The van der Waals surface area contributed by atoms with Gasteiger partial charge in [0, 0.05) is 5.56 Å². The molecule has 4 heteroatoms. The second kappa shape index (κ2) is 3.30. The Morgan fingerprint density at radius 3 is 2.62 bits per heavy atom. The van der Waals surface area contributed by atoms with E-state index in [9.17, 15) is 4.39 Å². The Hall–Kier alpha value is -1.16. The van der Waals surface area contributed by atoms with Gasteiger partial charge in [-0.25, -0.2) is 4.39 Å². The number of aromatic nitrogens is 1. The van der Waals surface area contributed by atoms with Crippen LogP contribution in [0.5, 0.6) is 0 Å². The summed E-state index contributed by atoms with van der Waals surface area (Å²) in [5, 5.41) is 3.55. The van der Waals surface area contributed by atoms with Gasteiger partial charge in [0.25, 0.3) is 0 Å². The molecular weight excluding hydrogens is 237 g/mol. The Kier molecular flexibility index (Phi) is 2.14. The molecule has 0 unspecified atom stereocenters. The maximum Gasteiger partial charge on any atom is 0.209 e. The van der Waals surface area contributed by atoms with Gasteiger partial charge in [-0.3, -0.25) is 0 Å². The minimum Gasteiger partial charge on any atom is -0.349 e. The summed E-state index contributed by atoms with van der Waals surface area (Å²) in [4.78, 5) is 0. The molecule has 2 aromatic rings. The molecule has 0 amide bonds. The van der Waals surface area contributed by atoms with Crippen molar-refractivity contribution in [3.8, 4) is 11.1 Å². The van der Waals surface area contributed by atoms with Crippen molar-refractivity contribution in [3.63, 3.8) is 0 Å². The molecule has 66 valence electrons. The number of nitrogens with zero attached hydrogens (tertiary/aromatic N) is 1. The van der Waals surface area contributed by atoms with Crippen LogP contribution in [0, 0.1) is 5.82 Å². The largest absolute Gasteiger partial charge is 0.349 e. The van der Waals surface area contributed by atoms with Crippen molar-refractivity contribution in [2.45, 2.75) is 0 Å². The van der Waals surface area contributed by atoms with E-state index in [4.69, 9.17) is 4.52 Å². The van der Waals surface area contributed by atoms with E-state index < -0.39 is 0 Å². The highest BCUT2D eigenvalue weighted by Gasteiger charge is 2.10. The Balaban J connectivity index is 2.59. The fourth-order valence-corrected chi connectivity index (χ4v) is 1.48. The molecule has 0 aliphatic rings. The van der Waals surface area contributed by atoms with Crippen molar-refractivity contribution in [1.82, 2.24) is 5.16 Å². The highest BCUT2D eigenvalue weighted by molar-refractivity contribution is 9.10. The molecular formula is C9H5BrFNO. The van der Waals surface area contributed by atoms with Gasteiger partial charge < -0.3 is 4.52 Å². The zero-order chi connectivity index (χ0) is 9.26. The predicted octanol–water partition coefficient (Wildman–Crippen LogP) is 3.24. The Bertz CT molecular complexity index is 427. The first kappa shape index (κ1) is 8.44. The maximum atomic E-state index is 13.2. The normalized spacial score (nSPS) is 10.3. The van der Waals surface area contributed by atoms with Gasteiger partial charge >= 0.3 is 0 Å². The number of hydrogen-bond donors (Lipinski definition) is 0. The average Bonchev–Trinajstić information content (AvgIpc) is 2.52. The molecule has 1 aromatic carbocycles. The minimum absolute atomic E-state index is 0.286. The van der Waals surface area contributed by atoms with Crippen LogP contribution in [0.15, 0.2) is 39.7 Å². The third-order valence-corrected chi connectivity index (χ3v) is 2.26. The molecule has 2 rings (SSSR count). The fraction of sp³-hybridized carbons (Fsp3) is 0. The van der Waals surface area contributed by atoms with Gasteiger partial charge in [-0.05, 0) is 22.0 Å². The topological polar surface area (TPSA) is 26.0 Å². The minimum atomic E-state index is -0.286. The molecule has 0 bridgehead atoms. The molecule has 0 aliphatic carbocycles. The summed E-state index contributed by atoms with van der Waals surface area (Å²) in [6.45, 7) is 0. The van der Waals surface area contributed by atoms with Crippen molar-refractivity contribution in [2.24, 2.45) is 0 Å². The number of halogens is 2. The summed E-state index contributed by atoms with van der Waals surface area (Å²) in [6, 6.07) is 6.47. The van der Waals surface area contributed by atoms with Gasteiger partial charge in [0.05, 0.1) is 11.8 Å². The Morgan fingerprint density at radius 2 is 2.00 bits per heavy atom. The smallest absolute Gasteiger partial charge is 0.209 e. The van der Waals surface area contributed by atoms with Crippen LogP contribution in [-0.4, -0.2) is 5.16 Å². The van der Waals surface area contributed by atoms with E-state index in [0.717, 1.165) is 0 Å². The molecule has 0 N–H and O–H groups in total. The number of rotatable bonds is 1. The molecule has 0 saturated carbocycles. The summed E-state index contributed by atoms with van der Waals surface area (Å²) >= 11 is 3.14. The van der Waals surface area contributed by atoms with E-state index >= 15 is 0 Å². The summed E-state index contributed by atoms with van der Waals surface area (Å²) in [6.07, 6.45) is 1.47. The zero-order valence-corrected chi connectivity index (χ0v) is 8.08. The van der Waals surface area contributed by atoms with Crippen LogP contribution in [0.4, 0.5) is 4.39 Å². The molecule has 2 nitrogen and oxygen atoms in total. The quantitative estimate of drug-likeness (QED) is 0.767. The van der Waals surface area contributed by atoms with Crippen LogP contribution in [0.3, 0.4) is 0 Å². The van der Waals surface area contributed by atoms with E-state index in [-0.39, 0.29) is 5.82 Å². The first-order chi connectivity index (χ1) is 6.29. The lowest BCUT2D eigenvalue weighted by Crippen LogP contribution is -1.80. The molecule has 0 atom stereocenters. The van der Waals surface area contributed by atoms with Crippen LogP contribution in [0.2, 0.25) is 0 Å². The summed E-state index contributed by atoms with van der Waals surface area (Å²) < 4.78 is 18.5. The monoisotopic (exact) mass is 241 g/mol. The van der Waals surface area contributed by atoms with E-state index in [1.165, 1.54) is 12.3 Å². The third kappa shape index (κ3) is 1.49. The highest BCUT2D eigenvalue weighted by atomic mass is 79.9. The van der Waals surface area contributed by atoms with E-state index in [0.29, 0.717) is 15.8 Å². The number of benzene rings is 1. The van der Waals surface area contributed by atoms with Gasteiger partial charge in [0.1, 0.15) is 5.82 Å². The Labute approximate surface area is 82.5 Å². The second-order valence-electron chi connectivity index (χ2n) is 2.49. The van der Waals surface area contributed by atoms with Crippen LogP contribution in [0.1, 0.15) is 0 Å². The summed E-state index contributed by atoms with van der Waals surface area (Å²) in [5.74, 6) is -0.286. The van der Waals surface area contributed by atoms with Gasteiger partial charge in [-0.15, -0.1) is 0 Å². The molecule has 1 aromatic heterocycles. The molecule has 0 aliphatic heterocycles. The lowest BCUT2D eigenvalue weighted by Gasteiger charge is -1.97. The van der Waals surface area contributed by atoms with E-state index in [1.807, 2.05) is 0 Å². The van der Waals surface area contributed by atoms with Gasteiger partial charge in [-0.1, -0.05) is 23.4 Å². The lowest BCUT2D eigenvalue weighted by atomic mass is 10.1. The SMILES string of the molecule is Fc1ccccc1-c1cnoc1Br. The van der Waals surface area contributed by atoms with Crippen molar-refractivity contribution in [3.05, 3.63) is 40.9 Å². The predicted molar refractivity (Wildman–Crippen MR) is 49.6 cm³/mol. The first-order valence-corrected chi connectivity index (χ1v) is 4.43.